The second kappa shape index (κ2) is 9.94. The smallest absolute Gasteiger partial charge is 0.259 e. The molecule has 1 aliphatic rings. The number of piperazine rings is 1. The van der Waals surface area contributed by atoms with Crippen LogP contribution in [0.2, 0.25) is 0 Å². The van der Waals surface area contributed by atoms with Gasteiger partial charge >= 0.3 is 0 Å². The molecule has 1 saturated heterocycles. The van der Waals surface area contributed by atoms with Crippen molar-refractivity contribution in [3.05, 3.63) is 65.5 Å². The number of aromatic nitrogens is 5. The van der Waals surface area contributed by atoms with Gasteiger partial charge in [-0.05, 0) is 29.8 Å². The van der Waals surface area contributed by atoms with Crippen LogP contribution < -0.4 is 20.9 Å². The molecular weight excluding hydrogens is 432 g/mol. The van der Waals surface area contributed by atoms with E-state index in [2.05, 4.69) is 35.5 Å². The lowest BCUT2D eigenvalue weighted by molar-refractivity contribution is 0.188. The van der Waals surface area contributed by atoms with E-state index in [0.717, 1.165) is 49.4 Å². The number of hydrogen-bond donors (Lipinski definition) is 2. The Balaban J connectivity index is 1.27. The molecule has 0 bridgehead atoms. The third-order valence-corrected chi connectivity index (χ3v) is 5.80. The molecule has 0 atom stereocenters. The van der Waals surface area contributed by atoms with Crippen LogP contribution in [-0.4, -0.2) is 68.7 Å². The Morgan fingerprint density at radius 1 is 1.09 bits per heavy atom. The monoisotopic (exact) mass is 458 g/mol. The average molecular weight is 459 g/mol. The van der Waals surface area contributed by atoms with Crippen LogP contribution in [0.3, 0.4) is 0 Å². The Hall–Kier alpha value is -3.89. The van der Waals surface area contributed by atoms with E-state index in [1.165, 1.54) is 4.57 Å². The topological polar surface area (TPSA) is 110 Å². The normalized spacial score (nSPS) is 14.3. The largest absolute Gasteiger partial charge is 0.476 e. The van der Waals surface area contributed by atoms with E-state index < -0.39 is 0 Å². The van der Waals surface area contributed by atoms with E-state index >= 15 is 0 Å². The third kappa shape index (κ3) is 4.87. The van der Waals surface area contributed by atoms with Crippen LogP contribution in [0.15, 0.2) is 59.9 Å². The Labute approximate surface area is 196 Å². The minimum atomic E-state index is -0.132. The van der Waals surface area contributed by atoms with Crippen molar-refractivity contribution in [2.24, 2.45) is 7.05 Å². The first-order chi connectivity index (χ1) is 16.7. The molecule has 0 radical (unpaired) electrons. The highest BCUT2D eigenvalue weighted by atomic mass is 16.5. The second-order valence-corrected chi connectivity index (χ2v) is 8.08. The molecule has 174 valence electrons. The number of nitrogens with one attached hydrogen (secondary N) is 2. The van der Waals surface area contributed by atoms with Gasteiger partial charge in [0.15, 0.2) is 0 Å². The predicted octanol–water partition coefficient (Wildman–Crippen LogP) is 1.81. The molecule has 1 aliphatic heterocycles. The summed E-state index contributed by atoms with van der Waals surface area (Å²) in [5.74, 6) is 0.958. The van der Waals surface area contributed by atoms with Crippen LogP contribution in [0.1, 0.15) is 0 Å². The molecule has 0 aromatic carbocycles. The SMILES string of the molecule is Cn1c(=O)c(-c2ccncc2)cc2cnc(Nc3ccc(OCCN4CCNCC4)nc3)nc21. The van der Waals surface area contributed by atoms with E-state index in [1.807, 2.05) is 30.3 Å². The van der Waals surface area contributed by atoms with Crippen LogP contribution in [0.5, 0.6) is 5.88 Å². The quantitative estimate of drug-likeness (QED) is 0.428. The van der Waals surface area contributed by atoms with E-state index in [9.17, 15) is 4.79 Å². The first kappa shape index (κ1) is 21.9. The highest BCUT2D eigenvalue weighted by molar-refractivity contribution is 5.81. The zero-order chi connectivity index (χ0) is 23.3. The molecule has 10 nitrogen and oxygen atoms in total. The second-order valence-electron chi connectivity index (χ2n) is 8.08. The van der Waals surface area contributed by atoms with E-state index in [0.29, 0.717) is 29.6 Å². The van der Waals surface area contributed by atoms with Gasteiger partial charge in [-0.15, -0.1) is 0 Å². The highest BCUT2D eigenvalue weighted by Gasteiger charge is 2.12. The van der Waals surface area contributed by atoms with Gasteiger partial charge in [-0.3, -0.25) is 19.2 Å². The number of rotatable bonds is 7. The van der Waals surface area contributed by atoms with Crippen molar-refractivity contribution in [3.63, 3.8) is 0 Å². The third-order valence-electron chi connectivity index (χ3n) is 5.80. The summed E-state index contributed by atoms with van der Waals surface area (Å²) in [7, 11) is 1.71. The van der Waals surface area contributed by atoms with Gasteiger partial charge in [-0.1, -0.05) is 0 Å². The maximum Gasteiger partial charge on any atom is 0.259 e. The van der Waals surface area contributed by atoms with Crippen molar-refractivity contribution in [1.82, 2.24) is 34.7 Å². The molecular formula is C24H26N8O2. The Kier molecular flexibility index (Phi) is 6.41. The molecule has 5 heterocycles. The number of fused-ring (bicyclic) bond motifs is 1. The molecule has 0 unspecified atom stereocenters. The van der Waals surface area contributed by atoms with Crippen LogP contribution in [0, 0.1) is 0 Å². The Bertz CT molecular complexity index is 1320. The molecule has 5 rings (SSSR count). The highest BCUT2D eigenvalue weighted by Crippen LogP contribution is 2.21. The van der Waals surface area contributed by atoms with Gasteiger partial charge < -0.3 is 15.4 Å². The molecule has 0 spiro atoms. The lowest BCUT2D eigenvalue weighted by Crippen LogP contribution is -2.44. The molecule has 10 heteroatoms. The summed E-state index contributed by atoms with van der Waals surface area (Å²) >= 11 is 0. The van der Waals surface area contributed by atoms with E-state index in [-0.39, 0.29) is 5.56 Å². The van der Waals surface area contributed by atoms with Crippen molar-refractivity contribution in [2.75, 3.05) is 44.6 Å². The molecule has 0 aliphatic carbocycles. The Morgan fingerprint density at radius 3 is 2.68 bits per heavy atom. The van der Waals surface area contributed by atoms with Crippen molar-refractivity contribution >= 4 is 22.7 Å². The van der Waals surface area contributed by atoms with Crippen LogP contribution in [0.4, 0.5) is 11.6 Å². The number of hydrogen-bond acceptors (Lipinski definition) is 9. The lowest BCUT2D eigenvalue weighted by Gasteiger charge is -2.26. The van der Waals surface area contributed by atoms with E-state index in [4.69, 9.17) is 4.74 Å². The lowest BCUT2D eigenvalue weighted by atomic mass is 10.1. The summed E-state index contributed by atoms with van der Waals surface area (Å²) in [6, 6.07) is 9.12. The predicted molar refractivity (Wildman–Crippen MR) is 130 cm³/mol. The average Bonchev–Trinajstić information content (AvgIpc) is 2.89. The summed E-state index contributed by atoms with van der Waals surface area (Å²) in [5, 5.41) is 7.26. The number of anilines is 2. The van der Waals surface area contributed by atoms with Gasteiger partial charge in [-0.25, -0.2) is 9.97 Å². The van der Waals surface area contributed by atoms with E-state index in [1.54, 1.807) is 31.8 Å². The fraction of sp³-hybridized carbons (Fsp3) is 0.292. The maximum atomic E-state index is 12.9. The van der Waals surface area contributed by atoms with Gasteiger partial charge in [0.05, 0.1) is 11.9 Å². The number of aryl methyl sites for hydroxylation is 1. The van der Waals surface area contributed by atoms with Crippen molar-refractivity contribution in [3.8, 4) is 17.0 Å². The molecule has 4 aromatic heterocycles. The summed E-state index contributed by atoms with van der Waals surface area (Å²) in [6.45, 7) is 5.62. The number of pyridine rings is 3. The molecule has 0 saturated carbocycles. The fourth-order valence-corrected chi connectivity index (χ4v) is 3.93. The van der Waals surface area contributed by atoms with Gasteiger partial charge in [0.2, 0.25) is 11.8 Å². The minimum Gasteiger partial charge on any atom is -0.476 e. The van der Waals surface area contributed by atoms with Gasteiger partial charge in [0.25, 0.3) is 5.56 Å². The van der Waals surface area contributed by atoms with Crippen LogP contribution in [-0.2, 0) is 7.05 Å². The molecule has 1 fully saturated rings. The maximum absolute atomic E-state index is 12.9. The first-order valence-electron chi connectivity index (χ1n) is 11.2. The number of ether oxygens (including phenoxy) is 1. The zero-order valence-electron chi connectivity index (χ0n) is 18.9. The molecule has 4 aromatic rings. The summed E-state index contributed by atoms with van der Waals surface area (Å²) in [6.07, 6.45) is 6.72. The summed E-state index contributed by atoms with van der Waals surface area (Å²) in [5.41, 5.74) is 2.53. The van der Waals surface area contributed by atoms with Crippen molar-refractivity contribution in [2.45, 2.75) is 0 Å². The van der Waals surface area contributed by atoms with Crippen LogP contribution in [0.25, 0.3) is 22.2 Å². The summed E-state index contributed by atoms with van der Waals surface area (Å²) < 4.78 is 7.31. The van der Waals surface area contributed by atoms with Crippen molar-refractivity contribution < 1.29 is 4.74 Å². The molecule has 0 amide bonds. The van der Waals surface area contributed by atoms with Gasteiger partial charge in [0.1, 0.15) is 12.3 Å². The number of nitrogens with zero attached hydrogens (tertiary/aromatic N) is 6. The van der Waals surface area contributed by atoms with Crippen LogP contribution >= 0.6 is 0 Å². The Morgan fingerprint density at radius 2 is 1.91 bits per heavy atom. The summed E-state index contributed by atoms with van der Waals surface area (Å²) in [4.78, 5) is 32.6. The van der Waals surface area contributed by atoms with Crippen molar-refractivity contribution in [1.29, 1.82) is 0 Å². The van der Waals surface area contributed by atoms with Gasteiger partial charge in [0, 0.05) is 75.4 Å². The fourth-order valence-electron chi connectivity index (χ4n) is 3.93. The minimum absolute atomic E-state index is 0.132. The van der Waals surface area contributed by atoms with Gasteiger partial charge in [-0.2, -0.15) is 4.98 Å². The first-order valence-corrected chi connectivity index (χ1v) is 11.2. The molecule has 2 N–H and O–H groups in total. The zero-order valence-corrected chi connectivity index (χ0v) is 18.9. The standard InChI is InChI=1S/C24H26N8O2/c1-31-22-18(14-20(23(31)33)17-4-6-25-7-5-17)15-28-24(30-22)29-19-2-3-21(27-16-19)34-13-12-32-10-8-26-9-11-32/h2-7,14-16,26H,8-13H2,1H3,(H,28,29,30). The molecule has 34 heavy (non-hydrogen) atoms.